The van der Waals surface area contributed by atoms with E-state index in [9.17, 15) is 4.79 Å². The highest BCUT2D eigenvalue weighted by Gasteiger charge is 2.29. The molecule has 4 heteroatoms. The van der Waals surface area contributed by atoms with Crippen LogP contribution in [0.5, 0.6) is 0 Å². The number of rotatable bonds is 1. The topological polar surface area (TPSA) is 49.7 Å². The molecule has 0 amide bonds. The molecular weight excluding hydrogens is 174 g/mol. The Labute approximate surface area is 74.6 Å². The van der Waals surface area contributed by atoms with Crippen LogP contribution in [0.15, 0.2) is 15.5 Å². The summed E-state index contributed by atoms with van der Waals surface area (Å²) in [6, 6.07) is 0. The summed E-state index contributed by atoms with van der Waals surface area (Å²) in [4.78, 5) is 15.9. The van der Waals surface area contributed by atoms with E-state index in [1.54, 1.807) is 0 Å². The smallest absolute Gasteiger partial charge is 0.317 e. The summed E-state index contributed by atoms with van der Waals surface area (Å²) in [5.41, 5.74) is 1.28. The van der Waals surface area contributed by atoms with Gasteiger partial charge in [0.1, 0.15) is 5.25 Å². The van der Waals surface area contributed by atoms with Gasteiger partial charge in [-0.25, -0.2) is 0 Å². The molecule has 0 saturated heterocycles. The molecule has 2 rings (SSSR count). The highest BCUT2D eigenvalue weighted by molar-refractivity contribution is 8.05. The van der Waals surface area contributed by atoms with Crippen LogP contribution < -0.4 is 0 Å². The van der Waals surface area contributed by atoms with Gasteiger partial charge in [-0.05, 0) is 12.8 Å². The van der Waals surface area contributed by atoms with E-state index < -0.39 is 5.97 Å². The van der Waals surface area contributed by atoms with Crippen molar-refractivity contribution in [2.75, 3.05) is 6.54 Å². The molecule has 3 nitrogen and oxygen atoms in total. The fourth-order valence-electron chi connectivity index (χ4n) is 1.43. The molecule has 0 fully saturated rings. The van der Waals surface area contributed by atoms with Crippen molar-refractivity contribution in [2.24, 2.45) is 4.99 Å². The lowest BCUT2D eigenvalue weighted by molar-refractivity contribution is -0.136. The molecule has 1 atom stereocenters. The van der Waals surface area contributed by atoms with Crippen molar-refractivity contribution < 1.29 is 9.90 Å². The van der Waals surface area contributed by atoms with Crippen molar-refractivity contribution in [3.05, 3.63) is 10.5 Å². The summed E-state index contributed by atoms with van der Waals surface area (Å²) < 4.78 is 0. The zero-order chi connectivity index (χ0) is 8.55. The highest BCUT2D eigenvalue weighted by atomic mass is 32.2. The quantitative estimate of drug-likeness (QED) is 0.666. The number of aliphatic carboxylic acids is 1. The Balaban J connectivity index is 2.12. The molecular formula is C8H9NO2S. The normalized spacial score (nSPS) is 27.5. The van der Waals surface area contributed by atoms with Crippen molar-refractivity contribution >= 4 is 23.9 Å². The van der Waals surface area contributed by atoms with Gasteiger partial charge in [-0.15, -0.1) is 11.8 Å². The van der Waals surface area contributed by atoms with Gasteiger partial charge in [0.2, 0.25) is 0 Å². The van der Waals surface area contributed by atoms with E-state index in [2.05, 4.69) is 4.99 Å². The fraction of sp³-hybridized carbons (Fsp3) is 0.500. The maximum absolute atomic E-state index is 10.7. The summed E-state index contributed by atoms with van der Waals surface area (Å²) in [6.45, 7) is 0.825. The second-order valence-corrected chi connectivity index (χ2v) is 4.15. The third-order valence-electron chi connectivity index (χ3n) is 2.08. The van der Waals surface area contributed by atoms with Crippen molar-refractivity contribution in [3.8, 4) is 0 Å². The Kier molecular flexibility index (Phi) is 1.92. The van der Waals surface area contributed by atoms with Gasteiger partial charge in [-0.3, -0.25) is 9.79 Å². The largest absolute Gasteiger partial charge is 0.480 e. The van der Waals surface area contributed by atoms with Crippen LogP contribution in [0, 0.1) is 0 Å². The van der Waals surface area contributed by atoms with Crippen molar-refractivity contribution in [1.29, 1.82) is 0 Å². The molecule has 2 heterocycles. The molecule has 2 aliphatic rings. The maximum Gasteiger partial charge on any atom is 0.317 e. The number of thioether (sulfide) groups is 1. The zero-order valence-corrected chi connectivity index (χ0v) is 7.30. The van der Waals surface area contributed by atoms with Crippen LogP contribution in [0.4, 0.5) is 0 Å². The molecule has 2 aliphatic heterocycles. The number of carboxylic acids is 1. The van der Waals surface area contributed by atoms with Crippen LogP contribution in [-0.4, -0.2) is 29.1 Å². The van der Waals surface area contributed by atoms with Gasteiger partial charge >= 0.3 is 5.97 Å². The van der Waals surface area contributed by atoms with Crippen molar-refractivity contribution in [2.45, 2.75) is 18.1 Å². The van der Waals surface area contributed by atoms with E-state index >= 15 is 0 Å². The molecule has 0 saturated carbocycles. The van der Waals surface area contributed by atoms with Crippen LogP contribution in [0.1, 0.15) is 12.8 Å². The summed E-state index contributed by atoms with van der Waals surface area (Å²) in [7, 11) is 0. The SMILES string of the molecule is O=C(O)C1CC2=C(C=NCC2)S1. The molecule has 12 heavy (non-hydrogen) atoms. The van der Waals surface area contributed by atoms with E-state index in [4.69, 9.17) is 5.11 Å². The molecule has 0 spiro atoms. The number of carbonyl (C=O) groups is 1. The number of aliphatic imine (C=N–C) groups is 1. The lowest BCUT2D eigenvalue weighted by Crippen LogP contribution is -2.13. The first-order valence-electron chi connectivity index (χ1n) is 3.88. The van der Waals surface area contributed by atoms with Gasteiger partial charge in [0.25, 0.3) is 0 Å². The minimum atomic E-state index is -0.706. The second kappa shape index (κ2) is 2.94. The Morgan fingerprint density at radius 2 is 2.58 bits per heavy atom. The average molecular weight is 183 g/mol. The molecule has 0 aliphatic carbocycles. The van der Waals surface area contributed by atoms with E-state index in [1.165, 1.54) is 17.3 Å². The standard InChI is InChI=1S/C8H9NO2S/c10-8(11)6-3-5-1-2-9-4-7(5)12-6/h4,6H,1-3H2,(H,10,11). The predicted octanol–water partition coefficient (Wildman–Crippen LogP) is 1.31. The lowest BCUT2D eigenvalue weighted by Gasteiger charge is -2.04. The second-order valence-electron chi connectivity index (χ2n) is 2.90. The van der Waals surface area contributed by atoms with E-state index in [-0.39, 0.29) is 5.25 Å². The number of hydrogen-bond acceptors (Lipinski definition) is 3. The number of hydrogen-bond donors (Lipinski definition) is 1. The minimum Gasteiger partial charge on any atom is -0.480 e. The first kappa shape index (κ1) is 7.86. The van der Waals surface area contributed by atoms with Crippen molar-refractivity contribution in [1.82, 2.24) is 0 Å². The van der Waals surface area contributed by atoms with Crippen molar-refractivity contribution in [3.63, 3.8) is 0 Å². The summed E-state index contributed by atoms with van der Waals surface area (Å²) in [5.74, 6) is -0.706. The first-order valence-corrected chi connectivity index (χ1v) is 4.76. The fourth-order valence-corrected chi connectivity index (χ4v) is 2.61. The Bertz CT molecular complexity index is 283. The number of nitrogens with zero attached hydrogens (tertiary/aromatic N) is 1. The molecule has 0 bridgehead atoms. The van der Waals surface area contributed by atoms with Crippen LogP contribution in [0.25, 0.3) is 0 Å². The summed E-state index contributed by atoms with van der Waals surface area (Å²) in [5, 5.41) is 8.50. The molecule has 64 valence electrons. The number of allylic oxidation sites excluding steroid dienone is 1. The molecule has 0 aromatic rings. The summed E-state index contributed by atoms with van der Waals surface area (Å²) >= 11 is 1.43. The van der Waals surface area contributed by atoms with Gasteiger partial charge in [0.15, 0.2) is 0 Å². The van der Waals surface area contributed by atoms with Crippen LogP contribution in [0.2, 0.25) is 0 Å². The Hall–Kier alpha value is -0.770. The molecule has 0 radical (unpaired) electrons. The van der Waals surface area contributed by atoms with Gasteiger partial charge in [-0.2, -0.15) is 0 Å². The monoisotopic (exact) mass is 183 g/mol. The van der Waals surface area contributed by atoms with Gasteiger partial charge in [0.05, 0.1) is 0 Å². The van der Waals surface area contributed by atoms with Crippen LogP contribution in [0.3, 0.4) is 0 Å². The van der Waals surface area contributed by atoms with Gasteiger partial charge in [0, 0.05) is 17.7 Å². The molecule has 0 aromatic heterocycles. The average Bonchev–Trinajstić information content (AvgIpc) is 2.46. The van der Waals surface area contributed by atoms with Gasteiger partial charge in [-0.1, -0.05) is 5.57 Å². The van der Waals surface area contributed by atoms with Gasteiger partial charge < -0.3 is 5.11 Å². The van der Waals surface area contributed by atoms with Crippen LogP contribution in [-0.2, 0) is 4.79 Å². The highest BCUT2D eigenvalue weighted by Crippen LogP contribution is 2.39. The minimum absolute atomic E-state index is 0.264. The predicted molar refractivity (Wildman–Crippen MR) is 48.6 cm³/mol. The maximum atomic E-state index is 10.7. The van der Waals surface area contributed by atoms with E-state index in [1.807, 2.05) is 6.21 Å². The first-order chi connectivity index (χ1) is 5.77. The zero-order valence-electron chi connectivity index (χ0n) is 6.49. The number of dihydropyridines is 1. The Morgan fingerprint density at radius 3 is 3.25 bits per heavy atom. The third-order valence-corrected chi connectivity index (χ3v) is 3.38. The third kappa shape index (κ3) is 1.27. The van der Waals surface area contributed by atoms with E-state index in [0.717, 1.165) is 17.9 Å². The van der Waals surface area contributed by atoms with E-state index in [0.29, 0.717) is 6.42 Å². The summed E-state index contributed by atoms with van der Waals surface area (Å²) in [6.07, 6.45) is 3.47. The molecule has 1 N–H and O–H groups in total. The lowest BCUT2D eigenvalue weighted by atomic mass is 10.1. The number of carboxylic acid groups (broad SMARTS) is 1. The van der Waals surface area contributed by atoms with Crippen LogP contribution >= 0.6 is 11.8 Å². The molecule has 0 aromatic carbocycles. The molecule has 1 unspecified atom stereocenters. The Morgan fingerprint density at radius 1 is 1.75 bits per heavy atom.